The summed E-state index contributed by atoms with van der Waals surface area (Å²) in [6.07, 6.45) is 3.13. The predicted molar refractivity (Wildman–Crippen MR) is 81.8 cm³/mol. The summed E-state index contributed by atoms with van der Waals surface area (Å²) in [6.45, 7) is -0.0896. The van der Waals surface area contributed by atoms with Crippen LogP contribution in [0.5, 0.6) is 0 Å². The summed E-state index contributed by atoms with van der Waals surface area (Å²) in [6, 6.07) is 8.73. The van der Waals surface area contributed by atoms with Crippen molar-refractivity contribution >= 4 is 11.6 Å². The van der Waals surface area contributed by atoms with Gasteiger partial charge in [0.1, 0.15) is 11.4 Å². The van der Waals surface area contributed by atoms with E-state index in [1.54, 1.807) is 30.5 Å². The highest BCUT2D eigenvalue weighted by molar-refractivity contribution is 5.91. The first-order valence-corrected chi connectivity index (χ1v) is 6.71. The van der Waals surface area contributed by atoms with Crippen LogP contribution in [0.3, 0.4) is 0 Å². The van der Waals surface area contributed by atoms with Gasteiger partial charge < -0.3 is 11.1 Å². The number of rotatable bonds is 4. The molecule has 0 spiro atoms. The minimum atomic E-state index is -0.293. The summed E-state index contributed by atoms with van der Waals surface area (Å²) in [4.78, 5) is 19.5. The Hall–Kier alpha value is -3.33. The number of carbonyl (C=O) groups excluding carboxylic acids is 1. The lowest BCUT2D eigenvalue weighted by Gasteiger charge is -2.03. The minimum Gasteiger partial charge on any atom is -0.324 e. The number of pyridine rings is 2. The fraction of sp³-hybridized carbons (Fsp3) is 0.0714. The Labute approximate surface area is 131 Å². The van der Waals surface area contributed by atoms with Crippen LogP contribution in [0.2, 0.25) is 0 Å². The van der Waals surface area contributed by atoms with Gasteiger partial charge in [0.2, 0.25) is 17.6 Å². The number of hydrogen-bond donors (Lipinski definition) is 2. The molecule has 3 N–H and O–H groups in total. The Morgan fingerprint density at radius 3 is 2.17 bits per heavy atom. The second-order valence-corrected chi connectivity index (χ2v) is 4.45. The molecule has 0 aliphatic heterocycles. The maximum absolute atomic E-state index is 11.2. The summed E-state index contributed by atoms with van der Waals surface area (Å²) in [5.41, 5.74) is 6.84. The average Bonchev–Trinajstić information content (AvgIpc) is 2.63. The van der Waals surface area contributed by atoms with Crippen LogP contribution in [0.1, 0.15) is 0 Å². The van der Waals surface area contributed by atoms with E-state index in [4.69, 9.17) is 5.73 Å². The van der Waals surface area contributed by atoms with E-state index in [1.807, 2.05) is 6.07 Å². The maximum Gasteiger partial charge on any atom is 0.238 e. The third-order valence-corrected chi connectivity index (χ3v) is 2.83. The van der Waals surface area contributed by atoms with Crippen molar-refractivity contribution in [2.24, 2.45) is 5.73 Å². The number of aromatic nitrogens is 6. The van der Waals surface area contributed by atoms with E-state index in [1.165, 1.54) is 6.20 Å². The zero-order valence-electron chi connectivity index (χ0n) is 11.9. The molecular formula is C14H12N8O. The molecule has 0 saturated carbocycles. The zero-order chi connectivity index (χ0) is 16.1. The van der Waals surface area contributed by atoms with E-state index in [0.717, 1.165) is 0 Å². The van der Waals surface area contributed by atoms with Crippen molar-refractivity contribution in [3.8, 4) is 23.0 Å². The van der Waals surface area contributed by atoms with Crippen LogP contribution in [0, 0.1) is 0 Å². The molecule has 1 amide bonds. The first-order valence-electron chi connectivity index (χ1n) is 6.71. The lowest BCUT2D eigenvalue weighted by Crippen LogP contribution is -2.21. The molecule has 3 rings (SSSR count). The molecule has 3 aromatic heterocycles. The number of nitrogens with one attached hydrogen (secondary N) is 1. The first-order chi connectivity index (χ1) is 11.3. The van der Waals surface area contributed by atoms with Gasteiger partial charge in [-0.3, -0.25) is 14.8 Å². The molecule has 0 aliphatic carbocycles. The van der Waals surface area contributed by atoms with Gasteiger partial charge in [-0.25, -0.2) is 0 Å². The number of nitrogens with two attached hydrogens (primary N) is 1. The maximum atomic E-state index is 11.2. The van der Waals surface area contributed by atoms with Gasteiger partial charge in [-0.05, 0) is 24.3 Å². The Balaban J connectivity index is 1.78. The van der Waals surface area contributed by atoms with Crippen LogP contribution in [0.25, 0.3) is 23.0 Å². The van der Waals surface area contributed by atoms with Gasteiger partial charge in [-0.1, -0.05) is 6.07 Å². The highest BCUT2D eigenvalue weighted by atomic mass is 16.1. The first kappa shape index (κ1) is 14.6. The molecule has 3 heterocycles. The molecule has 0 radical (unpaired) electrons. The average molecular weight is 308 g/mol. The molecule has 9 heteroatoms. The highest BCUT2D eigenvalue weighted by Gasteiger charge is 2.08. The van der Waals surface area contributed by atoms with Gasteiger partial charge >= 0.3 is 0 Å². The van der Waals surface area contributed by atoms with Crippen molar-refractivity contribution in [3.63, 3.8) is 0 Å². The lowest BCUT2D eigenvalue weighted by molar-refractivity contribution is -0.114. The standard InChI is InChI=1S/C14H12N8O/c15-7-12(23)18-9-4-5-11(17-8-9)14-21-19-13(20-22-14)10-3-1-2-6-16-10/h1-6,8H,7,15H2,(H,18,23). The smallest absolute Gasteiger partial charge is 0.238 e. The second-order valence-electron chi connectivity index (χ2n) is 4.45. The van der Waals surface area contributed by atoms with E-state index < -0.39 is 0 Å². The minimum absolute atomic E-state index is 0.0896. The molecule has 0 unspecified atom stereocenters. The summed E-state index contributed by atoms with van der Waals surface area (Å²) in [5, 5.41) is 18.6. The van der Waals surface area contributed by atoms with Gasteiger partial charge in [-0.2, -0.15) is 0 Å². The van der Waals surface area contributed by atoms with Crippen LogP contribution in [-0.4, -0.2) is 42.8 Å². The summed E-state index contributed by atoms with van der Waals surface area (Å²) < 4.78 is 0. The van der Waals surface area contributed by atoms with Crippen molar-refractivity contribution in [3.05, 3.63) is 42.7 Å². The topological polar surface area (TPSA) is 132 Å². The van der Waals surface area contributed by atoms with Crippen molar-refractivity contribution < 1.29 is 4.79 Å². The highest BCUT2D eigenvalue weighted by Crippen LogP contribution is 2.14. The Morgan fingerprint density at radius 1 is 0.957 bits per heavy atom. The number of amides is 1. The zero-order valence-corrected chi connectivity index (χ0v) is 11.9. The third kappa shape index (κ3) is 3.47. The number of nitrogens with zero attached hydrogens (tertiary/aromatic N) is 6. The summed E-state index contributed by atoms with van der Waals surface area (Å²) in [5.74, 6) is 0.321. The number of anilines is 1. The molecule has 23 heavy (non-hydrogen) atoms. The van der Waals surface area contributed by atoms with Crippen molar-refractivity contribution in [1.29, 1.82) is 0 Å². The number of hydrogen-bond acceptors (Lipinski definition) is 8. The molecule has 0 aromatic carbocycles. The monoisotopic (exact) mass is 308 g/mol. The molecule has 3 aromatic rings. The molecular weight excluding hydrogens is 296 g/mol. The SMILES string of the molecule is NCC(=O)Nc1ccc(-c2nnc(-c3ccccn3)nn2)nc1. The molecule has 0 bridgehead atoms. The largest absolute Gasteiger partial charge is 0.324 e. The van der Waals surface area contributed by atoms with Crippen LogP contribution in [0.4, 0.5) is 5.69 Å². The van der Waals surface area contributed by atoms with E-state index >= 15 is 0 Å². The normalized spacial score (nSPS) is 10.3. The predicted octanol–water partition coefficient (Wildman–Crippen LogP) is 0.288. The van der Waals surface area contributed by atoms with Crippen molar-refractivity contribution in [1.82, 2.24) is 30.4 Å². The second kappa shape index (κ2) is 6.62. The molecule has 0 saturated heterocycles. The van der Waals surface area contributed by atoms with Crippen molar-refractivity contribution in [2.45, 2.75) is 0 Å². The fourth-order valence-electron chi connectivity index (χ4n) is 1.74. The Bertz CT molecular complexity index is 789. The van der Waals surface area contributed by atoms with Gasteiger partial charge in [0.25, 0.3) is 0 Å². The Kier molecular flexibility index (Phi) is 4.20. The molecule has 0 aliphatic rings. The van der Waals surface area contributed by atoms with E-state index in [0.29, 0.717) is 22.9 Å². The van der Waals surface area contributed by atoms with E-state index in [2.05, 4.69) is 35.7 Å². The van der Waals surface area contributed by atoms with E-state index in [-0.39, 0.29) is 18.3 Å². The van der Waals surface area contributed by atoms with Crippen LogP contribution < -0.4 is 11.1 Å². The van der Waals surface area contributed by atoms with Gasteiger partial charge in [0, 0.05) is 6.20 Å². The molecule has 9 nitrogen and oxygen atoms in total. The van der Waals surface area contributed by atoms with Crippen LogP contribution in [0.15, 0.2) is 42.7 Å². The third-order valence-electron chi connectivity index (χ3n) is 2.83. The summed E-state index contributed by atoms with van der Waals surface area (Å²) >= 11 is 0. The van der Waals surface area contributed by atoms with Gasteiger partial charge in [0.05, 0.1) is 18.4 Å². The Morgan fingerprint density at radius 2 is 1.65 bits per heavy atom. The fourth-order valence-corrected chi connectivity index (χ4v) is 1.74. The van der Waals surface area contributed by atoms with Crippen molar-refractivity contribution in [2.75, 3.05) is 11.9 Å². The summed E-state index contributed by atoms with van der Waals surface area (Å²) in [7, 11) is 0. The van der Waals surface area contributed by atoms with Gasteiger partial charge in [-0.15, -0.1) is 20.4 Å². The molecule has 0 atom stereocenters. The molecule has 114 valence electrons. The van der Waals surface area contributed by atoms with Crippen LogP contribution >= 0.6 is 0 Å². The van der Waals surface area contributed by atoms with Gasteiger partial charge in [0.15, 0.2) is 0 Å². The quantitative estimate of drug-likeness (QED) is 0.702. The lowest BCUT2D eigenvalue weighted by atomic mass is 10.3. The molecule has 0 fully saturated rings. The van der Waals surface area contributed by atoms with E-state index in [9.17, 15) is 4.79 Å². The number of carbonyl (C=O) groups is 1. The van der Waals surface area contributed by atoms with Crippen LogP contribution in [-0.2, 0) is 4.79 Å².